The molecule has 3 heteroatoms. The number of carbonyl (C=O) groups is 2. The molecule has 0 saturated heterocycles. The molecule has 5 unspecified atom stereocenters. The molecule has 0 amide bonds. The molecule has 1 aliphatic rings. The SMILES string of the molecule is CC(=O)CC(CCC(=O)OC1/C=C/C(C)CC(C)C(C)C1)C(C)C. The minimum atomic E-state index is -0.132. The Morgan fingerprint density at radius 1 is 1.08 bits per heavy atom. The highest BCUT2D eigenvalue weighted by Gasteiger charge is 2.24. The maximum absolute atomic E-state index is 12.3. The molecule has 0 aromatic carbocycles. The predicted molar refractivity (Wildman–Crippen MR) is 98.6 cm³/mol. The average molecular weight is 337 g/mol. The molecule has 0 N–H and O–H groups in total. The van der Waals surface area contributed by atoms with Crippen LogP contribution in [-0.2, 0) is 14.3 Å². The molecule has 1 aliphatic carbocycles. The first kappa shape index (κ1) is 20.9. The van der Waals surface area contributed by atoms with Crippen LogP contribution in [0.2, 0.25) is 0 Å². The molecule has 138 valence electrons. The van der Waals surface area contributed by atoms with E-state index >= 15 is 0 Å². The molecule has 0 saturated carbocycles. The third-order valence-corrected chi connectivity index (χ3v) is 5.47. The highest BCUT2D eigenvalue weighted by molar-refractivity contribution is 5.76. The number of esters is 1. The number of carbonyl (C=O) groups excluding carboxylic acids is 2. The second kappa shape index (κ2) is 10.0. The summed E-state index contributed by atoms with van der Waals surface area (Å²) in [5, 5.41) is 0. The lowest BCUT2D eigenvalue weighted by Crippen LogP contribution is -2.25. The van der Waals surface area contributed by atoms with Crippen molar-refractivity contribution in [2.24, 2.45) is 29.6 Å². The second-order valence-electron chi connectivity index (χ2n) is 8.27. The minimum Gasteiger partial charge on any atom is -0.458 e. The van der Waals surface area contributed by atoms with Crippen LogP contribution in [0.15, 0.2) is 12.2 Å². The van der Waals surface area contributed by atoms with Gasteiger partial charge in [0.05, 0.1) is 0 Å². The Labute approximate surface area is 148 Å². The van der Waals surface area contributed by atoms with Crippen molar-refractivity contribution in [3.05, 3.63) is 12.2 Å². The van der Waals surface area contributed by atoms with E-state index in [1.165, 1.54) is 6.42 Å². The standard InChI is InChI=1S/C21H36O3/c1-14(2)19(13-18(6)22)8-10-21(23)24-20-9-7-15(3)11-16(4)17(5)12-20/h7,9,14-17,19-20H,8,10-13H2,1-6H3/b9-7+. The van der Waals surface area contributed by atoms with Crippen molar-refractivity contribution in [3.8, 4) is 0 Å². The van der Waals surface area contributed by atoms with Gasteiger partial charge in [-0.3, -0.25) is 4.79 Å². The first-order valence-corrected chi connectivity index (χ1v) is 9.56. The highest BCUT2D eigenvalue weighted by Crippen LogP contribution is 2.29. The van der Waals surface area contributed by atoms with Crippen molar-refractivity contribution in [1.82, 2.24) is 0 Å². The monoisotopic (exact) mass is 336 g/mol. The Hall–Kier alpha value is -1.12. The van der Waals surface area contributed by atoms with E-state index < -0.39 is 0 Å². The average Bonchev–Trinajstić information content (AvgIpc) is 2.47. The van der Waals surface area contributed by atoms with Crippen LogP contribution in [0, 0.1) is 29.6 Å². The summed E-state index contributed by atoms with van der Waals surface area (Å²) >= 11 is 0. The van der Waals surface area contributed by atoms with Gasteiger partial charge in [-0.05, 0) is 61.9 Å². The number of hydrogen-bond acceptors (Lipinski definition) is 3. The van der Waals surface area contributed by atoms with Gasteiger partial charge in [-0.2, -0.15) is 0 Å². The summed E-state index contributed by atoms with van der Waals surface area (Å²) in [5.74, 6) is 2.47. The highest BCUT2D eigenvalue weighted by atomic mass is 16.5. The zero-order valence-corrected chi connectivity index (χ0v) is 16.4. The zero-order valence-electron chi connectivity index (χ0n) is 16.4. The Kier molecular flexibility index (Phi) is 8.72. The van der Waals surface area contributed by atoms with E-state index in [0.29, 0.717) is 36.5 Å². The molecule has 24 heavy (non-hydrogen) atoms. The van der Waals surface area contributed by atoms with Crippen molar-refractivity contribution in [3.63, 3.8) is 0 Å². The molecule has 3 nitrogen and oxygen atoms in total. The lowest BCUT2D eigenvalue weighted by molar-refractivity contribution is -0.148. The molecule has 5 atom stereocenters. The van der Waals surface area contributed by atoms with Gasteiger partial charge in [0.25, 0.3) is 0 Å². The van der Waals surface area contributed by atoms with Gasteiger partial charge in [0, 0.05) is 12.8 Å². The number of ether oxygens (including phenoxy) is 1. The van der Waals surface area contributed by atoms with Gasteiger partial charge < -0.3 is 9.53 Å². The Bertz CT molecular complexity index is 438. The zero-order chi connectivity index (χ0) is 18.3. The molecule has 0 heterocycles. The maximum atomic E-state index is 12.3. The van der Waals surface area contributed by atoms with Crippen molar-refractivity contribution in [2.75, 3.05) is 0 Å². The Morgan fingerprint density at radius 2 is 1.71 bits per heavy atom. The van der Waals surface area contributed by atoms with Crippen LogP contribution in [0.1, 0.15) is 73.6 Å². The summed E-state index contributed by atoms with van der Waals surface area (Å²) in [7, 11) is 0. The van der Waals surface area contributed by atoms with E-state index in [4.69, 9.17) is 4.74 Å². The van der Waals surface area contributed by atoms with Crippen LogP contribution in [0.5, 0.6) is 0 Å². The van der Waals surface area contributed by atoms with Gasteiger partial charge in [-0.15, -0.1) is 0 Å². The molecular formula is C21H36O3. The molecule has 0 aliphatic heterocycles. The smallest absolute Gasteiger partial charge is 0.306 e. The van der Waals surface area contributed by atoms with Crippen molar-refractivity contribution in [1.29, 1.82) is 0 Å². The van der Waals surface area contributed by atoms with Gasteiger partial charge in [0.1, 0.15) is 11.9 Å². The fraction of sp³-hybridized carbons (Fsp3) is 0.810. The van der Waals surface area contributed by atoms with Crippen LogP contribution in [0.3, 0.4) is 0 Å². The van der Waals surface area contributed by atoms with Gasteiger partial charge >= 0.3 is 5.97 Å². The molecule has 0 radical (unpaired) electrons. The first-order valence-electron chi connectivity index (χ1n) is 9.56. The maximum Gasteiger partial charge on any atom is 0.306 e. The summed E-state index contributed by atoms with van der Waals surface area (Å²) in [5.41, 5.74) is 0. The largest absolute Gasteiger partial charge is 0.458 e. The quantitative estimate of drug-likeness (QED) is 0.475. The summed E-state index contributed by atoms with van der Waals surface area (Å²) in [6, 6.07) is 0. The molecule has 0 spiro atoms. The topological polar surface area (TPSA) is 43.4 Å². The third-order valence-electron chi connectivity index (χ3n) is 5.47. The fourth-order valence-corrected chi connectivity index (χ4v) is 3.55. The fourth-order valence-electron chi connectivity index (χ4n) is 3.55. The van der Waals surface area contributed by atoms with E-state index in [-0.39, 0.29) is 23.8 Å². The van der Waals surface area contributed by atoms with Crippen LogP contribution in [0.25, 0.3) is 0 Å². The van der Waals surface area contributed by atoms with Crippen LogP contribution >= 0.6 is 0 Å². The molecule has 0 aromatic rings. The predicted octanol–water partition coefficient (Wildman–Crippen LogP) is 5.19. The summed E-state index contributed by atoms with van der Waals surface area (Å²) in [6.07, 6.45) is 7.93. The van der Waals surface area contributed by atoms with E-state index in [9.17, 15) is 9.59 Å². The van der Waals surface area contributed by atoms with Crippen molar-refractivity contribution < 1.29 is 14.3 Å². The normalized spacial score (nSPS) is 30.3. The van der Waals surface area contributed by atoms with Crippen molar-refractivity contribution in [2.45, 2.75) is 79.8 Å². The Morgan fingerprint density at radius 3 is 2.29 bits per heavy atom. The lowest BCUT2D eigenvalue weighted by atomic mass is 9.82. The lowest BCUT2D eigenvalue weighted by Gasteiger charge is -2.28. The van der Waals surface area contributed by atoms with Gasteiger partial charge in [-0.1, -0.05) is 40.7 Å². The Balaban J connectivity index is 2.54. The molecule has 0 aromatic heterocycles. The summed E-state index contributed by atoms with van der Waals surface area (Å²) < 4.78 is 5.72. The molecular weight excluding hydrogens is 300 g/mol. The van der Waals surface area contributed by atoms with Crippen LogP contribution in [0.4, 0.5) is 0 Å². The molecule has 0 bridgehead atoms. The first-order chi connectivity index (χ1) is 11.2. The number of allylic oxidation sites excluding steroid dienone is 1. The number of Topliss-reactive ketones (excluding diaryl/α,β-unsaturated/α-hetero) is 1. The summed E-state index contributed by atoms with van der Waals surface area (Å²) in [4.78, 5) is 23.6. The van der Waals surface area contributed by atoms with Crippen molar-refractivity contribution >= 4 is 11.8 Å². The third kappa shape index (κ3) is 7.63. The molecule has 0 fully saturated rings. The number of rotatable bonds is 7. The van der Waals surface area contributed by atoms with E-state index in [1.807, 2.05) is 0 Å². The summed E-state index contributed by atoms with van der Waals surface area (Å²) in [6.45, 7) is 12.6. The minimum absolute atomic E-state index is 0.108. The van der Waals surface area contributed by atoms with E-state index in [0.717, 1.165) is 12.8 Å². The second-order valence-corrected chi connectivity index (χ2v) is 8.27. The van der Waals surface area contributed by atoms with Gasteiger partial charge in [0.2, 0.25) is 0 Å². The number of hydrogen-bond donors (Lipinski definition) is 0. The molecule has 1 rings (SSSR count). The van der Waals surface area contributed by atoms with Crippen LogP contribution in [-0.4, -0.2) is 17.9 Å². The van der Waals surface area contributed by atoms with E-state index in [1.54, 1.807) is 6.92 Å². The van der Waals surface area contributed by atoms with E-state index in [2.05, 4.69) is 46.8 Å². The number of ketones is 1. The van der Waals surface area contributed by atoms with Gasteiger partial charge in [-0.25, -0.2) is 0 Å². The van der Waals surface area contributed by atoms with Gasteiger partial charge in [0.15, 0.2) is 0 Å². The van der Waals surface area contributed by atoms with Crippen LogP contribution < -0.4 is 0 Å².